The predicted octanol–water partition coefficient (Wildman–Crippen LogP) is 6.89. The number of carbonyl (C=O) groups is 2. The Morgan fingerprint density at radius 1 is 0.667 bits per heavy atom. The molecule has 1 fully saturated rings. The molecule has 0 aromatic rings. The van der Waals surface area contributed by atoms with E-state index in [1.165, 1.54) is 64.2 Å². The lowest BCUT2D eigenvalue weighted by Crippen LogP contribution is -2.54. The molecule has 0 aromatic carbocycles. The van der Waals surface area contributed by atoms with Crippen LogP contribution in [0.25, 0.3) is 0 Å². The van der Waals surface area contributed by atoms with Crippen LogP contribution in [-0.4, -0.2) is 28.8 Å². The smallest absolute Gasteiger partial charge is 0.229 e. The number of nitrogens with zero attached hydrogens (tertiary/aromatic N) is 1. The average molecular weight is 423 g/mol. The van der Waals surface area contributed by atoms with Crippen molar-refractivity contribution in [3.63, 3.8) is 0 Å². The highest BCUT2D eigenvalue weighted by Gasteiger charge is 2.34. The molecule has 1 saturated carbocycles. The first-order chi connectivity index (χ1) is 14.6. The zero-order chi connectivity index (χ0) is 22.0. The molecule has 0 heterocycles. The van der Waals surface area contributed by atoms with Crippen molar-refractivity contribution in [2.24, 2.45) is 5.73 Å². The first-order valence-corrected chi connectivity index (χ1v) is 13.2. The molecular weight excluding hydrogens is 372 g/mol. The third-order valence-electron chi connectivity index (χ3n) is 6.64. The molecule has 0 bridgehead atoms. The largest absolute Gasteiger partial charge is 0.326 e. The van der Waals surface area contributed by atoms with Crippen LogP contribution in [0.3, 0.4) is 0 Å². The van der Waals surface area contributed by atoms with Crippen LogP contribution in [0.4, 0.5) is 0 Å². The van der Waals surface area contributed by atoms with Crippen molar-refractivity contribution in [2.45, 2.75) is 154 Å². The van der Waals surface area contributed by atoms with Crippen molar-refractivity contribution in [1.29, 1.82) is 0 Å². The summed E-state index contributed by atoms with van der Waals surface area (Å²) in [6.45, 7) is 4.46. The number of carbonyl (C=O) groups excluding carboxylic acids is 2. The molecule has 4 heteroatoms. The minimum absolute atomic E-state index is 0.0267. The Labute approximate surface area is 186 Å². The zero-order valence-corrected chi connectivity index (χ0v) is 20.1. The first-order valence-electron chi connectivity index (χ1n) is 13.2. The third-order valence-corrected chi connectivity index (χ3v) is 6.64. The molecule has 0 spiro atoms. The van der Waals surface area contributed by atoms with Gasteiger partial charge in [-0.3, -0.25) is 14.5 Å². The van der Waals surface area contributed by atoms with Crippen molar-refractivity contribution >= 4 is 11.8 Å². The van der Waals surface area contributed by atoms with Gasteiger partial charge in [0.2, 0.25) is 11.8 Å². The van der Waals surface area contributed by atoms with Gasteiger partial charge in [0, 0.05) is 18.9 Å². The predicted molar refractivity (Wildman–Crippen MR) is 127 cm³/mol. The lowest BCUT2D eigenvalue weighted by atomic mass is 9.89. The monoisotopic (exact) mass is 422 g/mol. The third kappa shape index (κ3) is 11.5. The molecule has 2 N–H and O–H groups in total. The van der Waals surface area contributed by atoms with E-state index in [0.717, 1.165) is 51.4 Å². The quantitative estimate of drug-likeness (QED) is 0.259. The van der Waals surface area contributed by atoms with Crippen LogP contribution in [-0.2, 0) is 9.59 Å². The molecule has 1 aliphatic rings. The molecule has 2 amide bonds. The fourth-order valence-electron chi connectivity index (χ4n) is 4.68. The van der Waals surface area contributed by atoms with Crippen molar-refractivity contribution in [3.05, 3.63) is 0 Å². The Balaban J connectivity index is 2.45. The van der Waals surface area contributed by atoms with Crippen LogP contribution in [0.1, 0.15) is 142 Å². The second kappa shape index (κ2) is 17.7. The van der Waals surface area contributed by atoms with Gasteiger partial charge >= 0.3 is 0 Å². The summed E-state index contributed by atoms with van der Waals surface area (Å²) in [4.78, 5) is 27.7. The van der Waals surface area contributed by atoms with Crippen LogP contribution >= 0.6 is 0 Å². The Morgan fingerprint density at radius 2 is 1.07 bits per heavy atom. The van der Waals surface area contributed by atoms with Gasteiger partial charge in [-0.05, 0) is 25.7 Å². The van der Waals surface area contributed by atoms with Crippen molar-refractivity contribution in [3.8, 4) is 0 Å². The zero-order valence-electron chi connectivity index (χ0n) is 20.1. The van der Waals surface area contributed by atoms with Crippen molar-refractivity contribution in [1.82, 2.24) is 4.90 Å². The Hall–Kier alpha value is -0.900. The SMILES string of the molecule is CCCCCCCCCC(=O)N(C(=O)CCCCCCCCC)C1CCCCC1N. The van der Waals surface area contributed by atoms with E-state index in [1.807, 2.05) is 0 Å². The van der Waals surface area contributed by atoms with Gasteiger partial charge in [0.05, 0.1) is 6.04 Å². The van der Waals surface area contributed by atoms with Gasteiger partial charge in [0.25, 0.3) is 0 Å². The maximum atomic E-state index is 13.0. The summed E-state index contributed by atoms with van der Waals surface area (Å²) < 4.78 is 0. The van der Waals surface area contributed by atoms with E-state index in [-0.39, 0.29) is 23.9 Å². The molecule has 2 unspecified atom stereocenters. The molecule has 4 nitrogen and oxygen atoms in total. The molecule has 0 radical (unpaired) electrons. The van der Waals surface area contributed by atoms with Crippen LogP contribution in [0.2, 0.25) is 0 Å². The fourth-order valence-corrected chi connectivity index (χ4v) is 4.68. The van der Waals surface area contributed by atoms with Crippen molar-refractivity contribution in [2.75, 3.05) is 0 Å². The highest BCUT2D eigenvalue weighted by molar-refractivity contribution is 5.95. The van der Waals surface area contributed by atoms with Gasteiger partial charge in [-0.25, -0.2) is 0 Å². The molecule has 0 aromatic heterocycles. The summed E-state index contributed by atoms with van der Waals surface area (Å²) in [6.07, 6.45) is 21.6. The number of amides is 2. The summed E-state index contributed by atoms with van der Waals surface area (Å²) in [7, 11) is 0. The van der Waals surface area contributed by atoms with Gasteiger partial charge in [0.1, 0.15) is 0 Å². The molecular formula is C26H50N2O2. The summed E-state index contributed by atoms with van der Waals surface area (Å²) >= 11 is 0. The van der Waals surface area contributed by atoms with E-state index in [4.69, 9.17) is 5.73 Å². The highest BCUT2D eigenvalue weighted by atomic mass is 16.2. The minimum Gasteiger partial charge on any atom is -0.326 e. The number of unbranched alkanes of at least 4 members (excludes halogenated alkanes) is 12. The maximum Gasteiger partial charge on any atom is 0.229 e. The summed E-state index contributed by atoms with van der Waals surface area (Å²) in [5, 5.41) is 0. The number of hydrogen-bond donors (Lipinski definition) is 1. The van der Waals surface area contributed by atoms with Gasteiger partial charge in [-0.15, -0.1) is 0 Å². The second-order valence-corrected chi connectivity index (χ2v) is 9.42. The van der Waals surface area contributed by atoms with E-state index in [0.29, 0.717) is 12.8 Å². The highest BCUT2D eigenvalue weighted by Crippen LogP contribution is 2.24. The Bertz CT molecular complexity index is 422. The van der Waals surface area contributed by atoms with E-state index in [1.54, 1.807) is 4.90 Å². The van der Waals surface area contributed by atoms with Crippen LogP contribution in [0.5, 0.6) is 0 Å². The Morgan fingerprint density at radius 3 is 1.50 bits per heavy atom. The minimum atomic E-state index is -0.0761. The Kier molecular flexibility index (Phi) is 16.1. The lowest BCUT2D eigenvalue weighted by molar-refractivity contribution is -0.149. The molecule has 30 heavy (non-hydrogen) atoms. The van der Waals surface area contributed by atoms with E-state index in [9.17, 15) is 9.59 Å². The van der Waals surface area contributed by atoms with Crippen molar-refractivity contribution < 1.29 is 9.59 Å². The van der Waals surface area contributed by atoms with E-state index >= 15 is 0 Å². The number of hydrogen-bond acceptors (Lipinski definition) is 3. The normalized spacial score (nSPS) is 19.0. The fraction of sp³-hybridized carbons (Fsp3) is 0.923. The number of nitrogens with two attached hydrogens (primary N) is 1. The van der Waals surface area contributed by atoms with Gasteiger partial charge in [-0.1, -0.05) is 104 Å². The van der Waals surface area contributed by atoms with Gasteiger partial charge in [0.15, 0.2) is 0 Å². The maximum absolute atomic E-state index is 13.0. The lowest BCUT2D eigenvalue weighted by Gasteiger charge is -2.37. The standard InChI is InChI=1S/C26H50N2O2/c1-3-5-7-9-11-13-15-21-25(29)28(24-20-18-17-19-23(24)27)26(30)22-16-14-12-10-8-6-4-2/h23-24H,3-22,27H2,1-2H3. The van der Waals surface area contributed by atoms with Crippen LogP contribution in [0.15, 0.2) is 0 Å². The molecule has 2 atom stereocenters. The molecule has 1 rings (SSSR count). The summed E-state index contributed by atoms with van der Waals surface area (Å²) in [6, 6.07) is -0.123. The van der Waals surface area contributed by atoms with Gasteiger partial charge < -0.3 is 5.73 Å². The summed E-state index contributed by atoms with van der Waals surface area (Å²) in [5.41, 5.74) is 6.36. The first kappa shape index (κ1) is 27.1. The van der Waals surface area contributed by atoms with E-state index in [2.05, 4.69) is 13.8 Å². The topological polar surface area (TPSA) is 63.4 Å². The van der Waals surface area contributed by atoms with Gasteiger partial charge in [-0.2, -0.15) is 0 Å². The number of imide groups is 1. The summed E-state index contributed by atoms with van der Waals surface area (Å²) in [5.74, 6) is 0.0534. The van der Waals surface area contributed by atoms with Crippen LogP contribution in [0, 0.1) is 0 Å². The van der Waals surface area contributed by atoms with Crippen LogP contribution < -0.4 is 5.73 Å². The average Bonchev–Trinajstić information content (AvgIpc) is 2.74. The molecule has 0 saturated heterocycles. The molecule has 1 aliphatic carbocycles. The number of rotatable bonds is 17. The second-order valence-electron chi connectivity index (χ2n) is 9.42. The molecule has 0 aliphatic heterocycles. The molecule has 176 valence electrons. The van der Waals surface area contributed by atoms with E-state index < -0.39 is 0 Å².